The van der Waals surface area contributed by atoms with E-state index in [1.807, 2.05) is 30.3 Å². The molecule has 1 aromatic heterocycles. The summed E-state index contributed by atoms with van der Waals surface area (Å²) in [6.45, 7) is 3.06. The number of carbonyl (C=O) groups excluding carboxylic acids is 1. The minimum absolute atomic E-state index is 0.226. The molecule has 38 heavy (non-hydrogen) atoms. The summed E-state index contributed by atoms with van der Waals surface area (Å²) in [4.78, 5) is 19.9. The Balaban J connectivity index is 1.52. The van der Waals surface area contributed by atoms with E-state index in [-0.39, 0.29) is 12.0 Å². The number of amides is 2. The number of likely N-dealkylation sites (tertiary alicyclic amines) is 1. The molecule has 2 aromatic carbocycles. The molecule has 0 unspecified atom stereocenters. The van der Waals surface area contributed by atoms with Gasteiger partial charge in [-0.25, -0.2) is 18.6 Å². The van der Waals surface area contributed by atoms with Crippen molar-refractivity contribution in [1.82, 2.24) is 15.2 Å². The number of aromatic nitrogens is 1. The highest BCUT2D eigenvalue weighted by molar-refractivity contribution is 5.93. The molecule has 4 rings (SSSR count). The Labute approximate surface area is 220 Å². The van der Waals surface area contributed by atoms with Gasteiger partial charge in [0.25, 0.3) is 0 Å². The van der Waals surface area contributed by atoms with Crippen LogP contribution in [0.25, 0.3) is 11.3 Å². The maximum Gasteiger partial charge on any atom is 0.319 e. The lowest BCUT2D eigenvalue weighted by Gasteiger charge is -2.21. The largest absolute Gasteiger partial charge is 0.475 e. The van der Waals surface area contributed by atoms with Crippen LogP contribution in [0.1, 0.15) is 11.5 Å². The maximum atomic E-state index is 14.0. The van der Waals surface area contributed by atoms with Crippen LogP contribution in [-0.2, 0) is 9.47 Å². The molecule has 0 aliphatic carbocycles. The van der Waals surface area contributed by atoms with Gasteiger partial charge in [-0.2, -0.15) is 0 Å². The van der Waals surface area contributed by atoms with Crippen LogP contribution in [0, 0.1) is 11.6 Å². The summed E-state index contributed by atoms with van der Waals surface area (Å²) in [6, 6.07) is 16.0. The molecule has 2 N–H and O–H groups in total. The van der Waals surface area contributed by atoms with Gasteiger partial charge in [-0.15, -0.1) is 0 Å². The molecule has 8 nitrogen and oxygen atoms in total. The number of benzene rings is 2. The number of halogens is 2. The second-order valence-electron chi connectivity index (χ2n) is 8.99. The Kier molecular flexibility index (Phi) is 9.58. The minimum Gasteiger partial charge on any atom is -0.475 e. The van der Waals surface area contributed by atoms with Crippen LogP contribution in [0.3, 0.4) is 0 Å². The van der Waals surface area contributed by atoms with E-state index >= 15 is 0 Å². The van der Waals surface area contributed by atoms with Crippen LogP contribution in [0.5, 0.6) is 5.88 Å². The lowest BCUT2D eigenvalue weighted by Crippen LogP contribution is -2.42. The molecule has 0 spiro atoms. The molecule has 0 saturated carbocycles. The van der Waals surface area contributed by atoms with Gasteiger partial charge in [0.2, 0.25) is 5.88 Å². The van der Waals surface area contributed by atoms with E-state index in [0.717, 1.165) is 11.6 Å². The fraction of sp³-hybridized carbons (Fsp3) is 0.357. The first-order valence-electron chi connectivity index (χ1n) is 12.4. The first kappa shape index (κ1) is 27.4. The molecular weight excluding hydrogens is 494 g/mol. The summed E-state index contributed by atoms with van der Waals surface area (Å²) in [7, 11) is 3.22. The second kappa shape index (κ2) is 13.3. The average Bonchev–Trinajstić information content (AvgIpc) is 3.32. The number of methoxy groups -OCH3 is 2. The normalized spacial score (nSPS) is 17.4. The van der Waals surface area contributed by atoms with E-state index in [0.29, 0.717) is 62.3 Å². The molecule has 10 heteroatoms. The van der Waals surface area contributed by atoms with Gasteiger partial charge < -0.3 is 24.8 Å². The Bertz CT molecular complexity index is 1210. The summed E-state index contributed by atoms with van der Waals surface area (Å²) in [5.41, 5.74) is 2.50. The second-order valence-corrected chi connectivity index (χ2v) is 8.99. The number of pyridine rings is 1. The fourth-order valence-corrected chi connectivity index (χ4v) is 4.51. The number of hydrogen-bond donors (Lipinski definition) is 2. The third-order valence-corrected chi connectivity index (χ3v) is 6.40. The van der Waals surface area contributed by atoms with Crippen molar-refractivity contribution >= 4 is 11.7 Å². The molecule has 3 aromatic rings. The van der Waals surface area contributed by atoms with Gasteiger partial charge in [0.05, 0.1) is 30.6 Å². The van der Waals surface area contributed by atoms with Gasteiger partial charge in [0.1, 0.15) is 6.61 Å². The average molecular weight is 527 g/mol. The van der Waals surface area contributed by atoms with Gasteiger partial charge >= 0.3 is 6.03 Å². The predicted molar refractivity (Wildman–Crippen MR) is 140 cm³/mol. The fourth-order valence-electron chi connectivity index (χ4n) is 4.51. The predicted octanol–water partition coefficient (Wildman–Crippen LogP) is 4.29. The summed E-state index contributed by atoms with van der Waals surface area (Å²) in [5, 5.41) is 5.94. The molecule has 1 aliphatic rings. The van der Waals surface area contributed by atoms with Crippen molar-refractivity contribution in [2.24, 2.45) is 0 Å². The van der Waals surface area contributed by atoms with Crippen LogP contribution in [0.4, 0.5) is 19.3 Å². The molecule has 1 aliphatic heterocycles. The maximum absolute atomic E-state index is 14.0. The van der Waals surface area contributed by atoms with Crippen molar-refractivity contribution < 1.29 is 27.8 Å². The van der Waals surface area contributed by atoms with Gasteiger partial charge in [0.15, 0.2) is 11.6 Å². The molecule has 1 fully saturated rings. The van der Waals surface area contributed by atoms with Crippen LogP contribution in [-0.4, -0.2) is 75.6 Å². The first-order valence-corrected chi connectivity index (χ1v) is 12.4. The monoisotopic (exact) mass is 526 g/mol. The van der Waals surface area contributed by atoms with Crippen molar-refractivity contribution in [2.45, 2.75) is 12.0 Å². The Morgan fingerprint density at radius 1 is 0.974 bits per heavy atom. The van der Waals surface area contributed by atoms with Crippen molar-refractivity contribution in [1.29, 1.82) is 0 Å². The zero-order valence-electron chi connectivity index (χ0n) is 21.5. The molecule has 2 amide bonds. The van der Waals surface area contributed by atoms with Crippen molar-refractivity contribution in [3.8, 4) is 17.1 Å². The van der Waals surface area contributed by atoms with Crippen molar-refractivity contribution in [3.63, 3.8) is 0 Å². The molecule has 2 heterocycles. The SMILES string of the molecule is COCCOc1ccc(NC(=O)N[C@@H]2CN(CCOC)C[C@H]2c2ccc(F)c(F)c2)c(-c2ccccc2)n1. The topological polar surface area (TPSA) is 85.0 Å². The van der Waals surface area contributed by atoms with Crippen molar-refractivity contribution in [3.05, 3.63) is 77.9 Å². The standard InChI is InChI=1S/C28H32F2N4O4/c1-36-13-12-34-17-21(20-8-9-22(29)23(30)16-20)25(18-34)32-28(35)31-24-10-11-26(38-15-14-37-2)33-27(24)19-6-4-3-5-7-19/h3-11,16,21,25H,12-15,17-18H2,1-2H3,(H2,31,32,35)/t21-,25+/m0/s1. The number of urea groups is 1. The molecule has 1 saturated heterocycles. The molecular formula is C28H32F2N4O4. The van der Waals surface area contributed by atoms with Crippen LogP contribution in [0.15, 0.2) is 60.7 Å². The summed E-state index contributed by atoms with van der Waals surface area (Å²) >= 11 is 0. The van der Waals surface area contributed by atoms with Gasteiger partial charge in [0, 0.05) is 51.4 Å². The Hall–Kier alpha value is -3.60. The number of ether oxygens (including phenoxy) is 3. The first-order chi connectivity index (χ1) is 18.5. The highest BCUT2D eigenvalue weighted by Crippen LogP contribution is 2.31. The summed E-state index contributed by atoms with van der Waals surface area (Å²) in [6.07, 6.45) is 0. The van der Waals surface area contributed by atoms with Crippen LogP contribution >= 0.6 is 0 Å². The van der Waals surface area contributed by atoms with Crippen LogP contribution in [0.2, 0.25) is 0 Å². The third kappa shape index (κ3) is 7.03. The van der Waals surface area contributed by atoms with E-state index in [1.165, 1.54) is 6.07 Å². The number of hydrogen-bond acceptors (Lipinski definition) is 6. The molecule has 0 radical (unpaired) electrons. The number of carbonyl (C=O) groups is 1. The number of nitrogens with one attached hydrogen (secondary N) is 2. The van der Waals surface area contributed by atoms with Gasteiger partial charge in [-0.3, -0.25) is 4.90 Å². The van der Waals surface area contributed by atoms with E-state index in [1.54, 1.807) is 32.4 Å². The number of nitrogens with zero attached hydrogens (tertiary/aromatic N) is 2. The Morgan fingerprint density at radius 3 is 2.50 bits per heavy atom. The smallest absolute Gasteiger partial charge is 0.319 e. The van der Waals surface area contributed by atoms with Crippen LogP contribution < -0.4 is 15.4 Å². The lowest BCUT2D eigenvalue weighted by atomic mass is 9.94. The molecule has 0 bridgehead atoms. The van der Waals surface area contributed by atoms with Crippen molar-refractivity contribution in [2.75, 3.05) is 59.0 Å². The van der Waals surface area contributed by atoms with E-state index in [2.05, 4.69) is 20.5 Å². The van der Waals surface area contributed by atoms with E-state index in [4.69, 9.17) is 14.2 Å². The number of rotatable bonds is 11. The Morgan fingerprint density at radius 2 is 1.76 bits per heavy atom. The van der Waals surface area contributed by atoms with E-state index in [9.17, 15) is 13.6 Å². The minimum atomic E-state index is -0.910. The summed E-state index contributed by atoms with van der Waals surface area (Å²) in [5.74, 6) is -1.63. The number of anilines is 1. The molecule has 2 atom stereocenters. The summed E-state index contributed by atoms with van der Waals surface area (Å²) < 4.78 is 43.5. The van der Waals surface area contributed by atoms with E-state index < -0.39 is 17.7 Å². The highest BCUT2D eigenvalue weighted by Gasteiger charge is 2.35. The zero-order valence-corrected chi connectivity index (χ0v) is 21.5. The highest BCUT2D eigenvalue weighted by atomic mass is 19.2. The van der Waals surface area contributed by atoms with Gasteiger partial charge in [-0.05, 0) is 23.8 Å². The lowest BCUT2D eigenvalue weighted by molar-refractivity contribution is 0.144. The quantitative estimate of drug-likeness (QED) is 0.363. The third-order valence-electron chi connectivity index (χ3n) is 6.40. The van der Waals surface area contributed by atoms with Gasteiger partial charge in [-0.1, -0.05) is 36.4 Å². The molecule has 202 valence electrons. The zero-order chi connectivity index (χ0) is 26.9.